The molecular weight excluding hydrogens is 301 g/mol. The molecule has 1 amide bonds. The van der Waals surface area contributed by atoms with E-state index in [1.807, 2.05) is 0 Å². The molecule has 0 aliphatic rings. The number of benzene rings is 1. The zero-order valence-electron chi connectivity index (χ0n) is 12.7. The van der Waals surface area contributed by atoms with E-state index in [9.17, 15) is 9.18 Å². The minimum Gasteiger partial charge on any atom is -0.453 e. The highest BCUT2D eigenvalue weighted by Gasteiger charge is 2.13. The van der Waals surface area contributed by atoms with Crippen LogP contribution in [0.4, 0.5) is 4.39 Å². The van der Waals surface area contributed by atoms with Gasteiger partial charge in [0, 0.05) is 19.9 Å². The average Bonchev–Trinajstić information content (AvgIpc) is 2.56. The summed E-state index contributed by atoms with van der Waals surface area (Å²) in [5, 5.41) is 2.62. The third-order valence-corrected chi connectivity index (χ3v) is 3.01. The molecule has 0 saturated carbocycles. The fraction of sp³-hybridized carbons (Fsp3) is 0.250. The number of rotatable bonds is 7. The first kappa shape index (κ1) is 16.9. The van der Waals surface area contributed by atoms with Crippen molar-refractivity contribution in [1.82, 2.24) is 10.3 Å². The van der Waals surface area contributed by atoms with E-state index in [1.54, 1.807) is 24.4 Å². The fourth-order valence-corrected chi connectivity index (χ4v) is 1.85. The molecule has 23 heavy (non-hydrogen) atoms. The Morgan fingerprint density at radius 3 is 2.91 bits per heavy atom. The lowest BCUT2D eigenvalue weighted by atomic mass is 10.2. The van der Waals surface area contributed by atoms with Gasteiger partial charge >= 0.3 is 0 Å². The molecule has 0 spiro atoms. The molecule has 1 atom stereocenters. The molecule has 122 valence electrons. The molecule has 2 aromatic rings. The summed E-state index contributed by atoms with van der Waals surface area (Å²) >= 11 is 0. The van der Waals surface area contributed by atoms with Crippen LogP contribution in [-0.4, -0.2) is 30.6 Å². The van der Waals surface area contributed by atoms with Gasteiger partial charge in [-0.1, -0.05) is 6.07 Å². The van der Waals surface area contributed by atoms with E-state index in [4.69, 9.17) is 15.2 Å². The zero-order chi connectivity index (χ0) is 16.7. The highest BCUT2D eigenvalue weighted by Crippen LogP contribution is 2.24. The third-order valence-electron chi connectivity index (χ3n) is 3.01. The van der Waals surface area contributed by atoms with Crippen molar-refractivity contribution in [2.75, 3.05) is 13.7 Å². The maximum Gasteiger partial charge on any atom is 0.239 e. The molecule has 1 unspecified atom stereocenters. The summed E-state index contributed by atoms with van der Waals surface area (Å²) < 4.78 is 24.2. The normalized spacial score (nSPS) is 11.8. The smallest absolute Gasteiger partial charge is 0.239 e. The number of aromatic nitrogens is 1. The van der Waals surface area contributed by atoms with E-state index in [0.29, 0.717) is 11.3 Å². The van der Waals surface area contributed by atoms with Gasteiger partial charge in [0.15, 0.2) is 11.6 Å². The summed E-state index contributed by atoms with van der Waals surface area (Å²) in [6, 6.07) is 7.08. The summed E-state index contributed by atoms with van der Waals surface area (Å²) in [5.41, 5.74) is 6.19. The van der Waals surface area contributed by atoms with Crippen LogP contribution in [0.25, 0.3) is 0 Å². The van der Waals surface area contributed by atoms with Crippen molar-refractivity contribution in [2.24, 2.45) is 5.73 Å². The molecule has 0 radical (unpaired) electrons. The molecule has 1 heterocycles. The minimum atomic E-state index is -0.752. The lowest BCUT2D eigenvalue weighted by molar-refractivity contribution is -0.123. The van der Waals surface area contributed by atoms with Gasteiger partial charge in [-0.25, -0.2) is 4.39 Å². The van der Waals surface area contributed by atoms with Crippen LogP contribution in [0, 0.1) is 5.82 Å². The number of halogens is 1. The lowest BCUT2D eigenvalue weighted by Crippen LogP contribution is -2.43. The van der Waals surface area contributed by atoms with Gasteiger partial charge in [0.1, 0.15) is 11.8 Å². The van der Waals surface area contributed by atoms with Gasteiger partial charge in [-0.2, -0.15) is 0 Å². The average molecular weight is 319 g/mol. The second-order valence-electron chi connectivity index (χ2n) is 4.84. The van der Waals surface area contributed by atoms with E-state index in [2.05, 4.69) is 10.3 Å². The number of nitrogens with one attached hydrogen (secondary N) is 1. The van der Waals surface area contributed by atoms with Crippen LogP contribution in [0.2, 0.25) is 0 Å². The second kappa shape index (κ2) is 8.21. The molecular formula is C16H18FN3O3. The Kier molecular flexibility index (Phi) is 6.02. The van der Waals surface area contributed by atoms with E-state index in [1.165, 1.54) is 25.4 Å². The number of nitrogens with zero attached hydrogens (tertiary/aromatic N) is 1. The topological polar surface area (TPSA) is 86.5 Å². The highest BCUT2D eigenvalue weighted by atomic mass is 19.1. The number of amides is 1. The monoisotopic (exact) mass is 319 g/mol. The van der Waals surface area contributed by atoms with Crippen LogP contribution in [0.3, 0.4) is 0 Å². The summed E-state index contributed by atoms with van der Waals surface area (Å²) in [6.45, 7) is 0.290. The van der Waals surface area contributed by atoms with Crippen molar-refractivity contribution in [3.63, 3.8) is 0 Å². The molecule has 7 heteroatoms. The Balaban J connectivity index is 1.95. The number of nitrogens with two attached hydrogens (primary N) is 1. The maximum atomic E-state index is 14.0. The quantitative estimate of drug-likeness (QED) is 0.809. The molecule has 0 aliphatic heterocycles. The van der Waals surface area contributed by atoms with Crippen LogP contribution in [0.15, 0.2) is 42.7 Å². The van der Waals surface area contributed by atoms with Crippen molar-refractivity contribution in [3.05, 3.63) is 54.1 Å². The van der Waals surface area contributed by atoms with Crippen molar-refractivity contribution in [2.45, 2.75) is 12.6 Å². The second-order valence-corrected chi connectivity index (χ2v) is 4.84. The lowest BCUT2D eigenvalue weighted by Gasteiger charge is -2.12. The first-order valence-electron chi connectivity index (χ1n) is 6.98. The van der Waals surface area contributed by atoms with Gasteiger partial charge in [-0.05, 0) is 29.8 Å². The first-order valence-corrected chi connectivity index (χ1v) is 6.98. The van der Waals surface area contributed by atoms with Gasteiger partial charge in [-0.15, -0.1) is 0 Å². The molecule has 1 aromatic carbocycles. The number of carbonyl (C=O) groups excluding carboxylic acids is 1. The minimum absolute atomic E-state index is 0.0872. The number of ether oxygens (including phenoxy) is 2. The molecule has 0 saturated heterocycles. The molecule has 0 bridgehead atoms. The summed E-state index contributed by atoms with van der Waals surface area (Å²) in [6.07, 6.45) is 3.09. The predicted octanol–water partition coefficient (Wildman–Crippen LogP) is 1.60. The standard InChI is InChI=1S/C16H18FN3O3/c1-22-10-14(18)16(21)20-8-11-4-5-15(13(17)7-11)23-12-3-2-6-19-9-12/h2-7,9,14H,8,10,18H2,1H3,(H,20,21). The predicted molar refractivity (Wildman–Crippen MR) is 82.4 cm³/mol. The van der Waals surface area contributed by atoms with Gasteiger partial charge in [0.25, 0.3) is 0 Å². The molecule has 3 N–H and O–H groups in total. The van der Waals surface area contributed by atoms with E-state index in [0.717, 1.165) is 0 Å². The van der Waals surface area contributed by atoms with Crippen LogP contribution in [0.1, 0.15) is 5.56 Å². The van der Waals surface area contributed by atoms with Gasteiger partial charge < -0.3 is 20.5 Å². The molecule has 1 aromatic heterocycles. The Morgan fingerprint density at radius 2 is 2.26 bits per heavy atom. The Bertz CT molecular complexity index is 652. The molecule has 2 rings (SSSR count). The van der Waals surface area contributed by atoms with Crippen LogP contribution >= 0.6 is 0 Å². The van der Waals surface area contributed by atoms with E-state index >= 15 is 0 Å². The van der Waals surface area contributed by atoms with E-state index < -0.39 is 11.9 Å². The number of methoxy groups -OCH3 is 1. The van der Waals surface area contributed by atoms with Crippen molar-refractivity contribution in [3.8, 4) is 11.5 Å². The van der Waals surface area contributed by atoms with Crippen LogP contribution < -0.4 is 15.8 Å². The largest absolute Gasteiger partial charge is 0.453 e. The zero-order valence-corrected chi connectivity index (χ0v) is 12.7. The number of carbonyl (C=O) groups is 1. The van der Waals surface area contributed by atoms with Gasteiger partial charge in [-0.3, -0.25) is 9.78 Å². The van der Waals surface area contributed by atoms with Gasteiger partial charge in [0.2, 0.25) is 5.91 Å². The SMILES string of the molecule is COCC(N)C(=O)NCc1ccc(Oc2cccnc2)c(F)c1. The molecule has 0 aliphatic carbocycles. The Morgan fingerprint density at radius 1 is 1.43 bits per heavy atom. The highest BCUT2D eigenvalue weighted by molar-refractivity contribution is 5.81. The fourth-order valence-electron chi connectivity index (χ4n) is 1.85. The van der Waals surface area contributed by atoms with Gasteiger partial charge in [0.05, 0.1) is 12.8 Å². The van der Waals surface area contributed by atoms with E-state index in [-0.39, 0.29) is 24.8 Å². The maximum absolute atomic E-state index is 14.0. The van der Waals surface area contributed by atoms with Crippen molar-refractivity contribution >= 4 is 5.91 Å². The van der Waals surface area contributed by atoms with Crippen LogP contribution in [0.5, 0.6) is 11.5 Å². The number of hydrogen-bond donors (Lipinski definition) is 2. The number of pyridine rings is 1. The summed E-state index contributed by atoms with van der Waals surface area (Å²) in [4.78, 5) is 15.5. The number of hydrogen-bond acceptors (Lipinski definition) is 5. The summed E-state index contributed by atoms with van der Waals surface area (Å²) in [5.74, 6) is -0.355. The van der Waals surface area contributed by atoms with Crippen molar-refractivity contribution in [1.29, 1.82) is 0 Å². The van der Waals surface area contributed by atoms with Crippen molar-refractivity contribution < 1.29 is 18.7 Å². The first-order chi connectivity index (χ1) is 11.1. The third kappa shape index (κ3) is 5.01. The Labute approximate surface area is 133 Å². The molecule has 0 fully saturated rings. The van der Waals surface area contributed by atoms with Crippen LogP contribution in [-0.2, 0) is 16.1 Å². The Hall–Kier alpha value is -2.51. The molecule has 6 nitrogen and oxygen atoms in total. The summed E-state index contributed by atoms with van der Waals surface area (Å²) in [7, 11) is 1.46.